The Morgan fingerprint density at radius 3 is 2.77 bits per heavy atom. The van der Waals surface area contributed by atoms with Gasteiger partial charge in [0.25, 0.3) is 0 Å². The Morgan fingerprint density at radius 1 is 1.42 bits per heavy atom. The molecule has 0 bridgehead atoms. The highest BCUT2D eigenvalue weighted by molar-refractivity contribution is 8.03. The molecule has 0 atom stereocenters. The van der Waals surface area contributed by atoms with Crippen molar-refractivity contribution in [3.05, 3.63) is 48.1 Å². The third-order valence-electron chi connectivity index (χ3n) is 3.52. The minimum atomic E-state index is -0.492. The fourth-order valence-corrected chi connectivity index (χ4v) is 4.36. The Bertz CT molecular complexity index is 906. The average molecular weight is 418 g/mol. The van der Waals surface area contributed by atoms with E-state index < -0.39 is 5.83 Å². The summed E-state index contributed by atoms with van der Waals surface area (Å²) in [6, 6.07) is 0. The second-order valence-corrected chi connectivity index (χ2v) is 8.04. The number of nitrogens with zero attached hydrogens (tertiary/aromatic N) is 3. The molecule has 0 aromatic carbocycles. The summed E-state index contributed by atoms with van der Waals surface area (Å²) >= 11 is 8.48. The molecule has 0 amide bonds. The number of thioether (sulfide) groups is 1. The summed E-state index contributed by atoms with van der Waals surface area (Å²) in [5.74, 6) is -0.226. The van der Waals surface area contributed by atoms with Crippen LogP contribution in [0.25, 0.3) is 0 Å². The zero-order valence-electron chi connectivity index (χ0n) is 14.9. The van der Waals surface area contributed by atoms with Crippen molar-refractivity contribution in [1.82, 2.24) is 9.36 Å². The molecule has 2 rings (SSSR count). The van der Waals surface area contributed by atoms with E-state index in [9.17, 15) is 14.0 Å². The predicted octanol–water partition coefficient (Wildman–Crippen LogP) is 3.96. The fourth-order valence-electron chi connectivity index (χ4n) is 2.34. The minimum Gasteiger partial charge on any atom is -0.299 e. The summed E-state index contributed by atoms with van der Waals surface area (Å²) in [5, 5.41) is 0.470. The van der Waals surface area contributed by atoms with Gasteiger partial charge in [-0.05, 0) is 43.8 Å². The Hall–Kier alpha value is -1.38. The first-order valence-electron chi connectivity index (χ1n) is 8.31. The summed E-state index contributed by atoms with van der Waals surface area (Å²) in [6.07, 6.45) is 3.98. The molecule has 0 radical (unpaired) electrons. The van der Waals surface area contributed by atoms with Crippen LogP contribution < -0.4 is 9.67 Å². The number of halogens is 2. The molecular weight excluding hydrogens is 397 g/mol. The van der Waals surface area contributed by atoms with Crippen molar-refractivity contribution >= 4 is 40.5 Å². The number of ketones is 1. The average Bonchev–Trinajstić information content (AvgIpc) is 2.81. The molecule has 1 aromatic heterocycles. The Balaban J connectivity index is 2.54. The van der Waals surface area contributed by atoms with Crippen molar-refractivity contribution in [2.75, 3.05) is 5.75 Å². The van der Waals surface area contributed by atoms with Gasteiger partial charge in [-0.2, -0.15) is 0 Å². The van der Waals surface area contributed by atoms with Gasteiger partial charge in [0.15, 0.2) is 0 Å². The number of aromatic nitrogens is 2. The highest BCUT2D eigenvalue weighted by Gasteiger charge is 2.15. The van der Waals surface area contributed by atoms with Gasteiger partial charge in [-0.15, -0.1) is 11.8 Å². The van der Waals surface area contributed by atoms with E-state index in [4.69, 9.17) is 11.6 Å². The number of allylic oxidation sites excluding steroid dienone is 4. The molecule has 26 heavy (non-hydrogen) atoms. The quantitative estimate of drug-likeness (QED) is 0.674. The lowest BCUT2D eigenvalue weighted by Gasteiger charge is -2.07. The number of Topliss-reactive ketones (excluding diaryl/α,β-unsaturated/α-hetero) is 1. The minimum absolute atomic E-state index is 0.00978. The van der Waals surface area contributed by atoms with Crippen LogP contribution in [0, 0.1) is 0 Å². The van der Waals surface area contributed by atoms with Crippen LogP contribution in [0.1, 0.15) is 33.6 Å². The Labute approximate surface area is 164 Å². The molecule has 0 saturated heterocycles. The van der Waals surface area contributed by atoms with Gasteiger partial charge in [0.05, 0.1) is 5.75 Å². The van der Waals surface area contributed by atoms with Crippen molar-refractivity contribution in [3.8, 4) is 0 Å². The van der Waals surface area contributed by atoms with E-state index in [0.29, 0.717) is 27.8 Å². The summed E-state index contributed by atoms with van der Waals surface area (Å²) in [4.78, 5) is 28.7. The van der Waals surface area contributed by atoms with E-state index in [0.717, 1.165) is 17.8 Å². The predicted molar refractivity (Wildman–Crippen MR) is 106 cm³/mol. The molecule has 0 aliphatic heterocycles. The van der Waals surface area contributed by atoms with Crippen LogP contribution in [-0.4, -0.2) is 20.9 Å². The van der Waals surface area contributed by atoms with Crippen molar-refractivity contribution in [2.45, 2.75) is 46.7 Å². The number of carbonyl (C=O) groups excluding carboxylic acids is 1. The molecule has 0 N–H and O–H groups in total. The number of hydrogen-bond donors (Lipinski definition) is 0. The van der Waals surface area contributed by atoms with Crippen molar-refractivity contribution in [3.63, 3.8) is 0 Å². The van der Waals surface area contributed by atoms with Crippen LogP contribution in [0.3, 0.4) is 0 Å². The summed E-state index contributed by atoms with van der Waals surface area (Å²) < 4.78 is 17.9. The number of carbonyl (C=O) groups is 1. The van der Waals surface area contributed by atoms with Crippen LogP contribution in [0.4, 0.5) is 4.39 Å². The molecule has 0 spiro atoms. The SMILES string of the molecule is CCCn1c(=NC2=CC(SCC(C)=O)=C(Cl)CC=C2F)sc(=O)n1CC. The molecule has 1 heterocycles. The maximum absolute atomic E-state index is 14.5. The summed E-state index contributed by atoms with van der Waals surface area (Å²) in [6.45, 7) is 6.52. The van der Waals surface area contributed by atoms with E-state index in [-0.39, 0.29) is 28.5 Å². The Morgan fingerprint density at radius 2 is 2.15 bits per heavy atom. The van der Waals surface area contributed by atoms with E-state index in [1.807, 2.05) is 13.8 Å². The Kier molecular flexibility index (Phi) is 7.67. The van der Waals surface area contributed by atoms with Gasteiger partial charge in [-0.1, -0.05) is 18.5 Å². The van der Waals surface area contributed by atoms with Crippen LogP contribution >= 0.6 is 34.7 Å². The largest absolute Gasteiger partial charge is 0.325 e. The second-order valence-electron chi connectivity index (χ2n) is 5.65. The highest BCUT2D eigenvalue weighted by Crippen LogP contribution is 2.32. The van der Waals surface area contributed by atoms with Crippen molar-refractivity contribution in [1.29, 1.82) is 0 Å². The van der Waals surface area contributed by atoms with Crippen LogP contribution in [0.5, 0.6) is 0 Å². The first-order valence-corrected chi connectivity index (χ1v) is 10.5. The number of hydrogen-bond acceptors (Lipinski definition) is 5. The first kappa shape index (κ1) is 20.9. The molecule has 1 aromatic rings. The van der Waals surface area contributed by atoms with Crippen LogP contribution in [0.15, 0.2) is 43.4 Å². The van der Waals surface area contributed by atoms with Gasteiger partial charge in [0, 0.05) is 29.4 Å². The smallest absolute Gasteiger partial charge is 0.299 e. The monoisotopic (exact) mass is 417 g/mol. The molecule has 9 heteroatoms. The lowest BCUT2D eigenvalue weighted by molar-refractivity contribution is -0.114. The van der Waals surface area contributed by atoms with Crippen molar-refractivity contribution in [2.24, 2.45) is 4.99 Å². The van der Waals surface area contributed by atoms with Gasteiger partial charge >= 0.3 is 4.87 Å². The third kappa shape index (κ3) is 5.08. The maximum Gasteiger partial charge on any atom is 0.325 e. The standard InChI is InChI=1S/C17H21ClFN3O2S2/c1-4-8-22-16(26-17(24)21(22)5-2)20-14-9-15(25-10-11(3)23)12(18)6-7-13(14)19/h7,9H,4-6,8,10H2,1-3H3. The van der Waals surface area contributed by atoms with Crippen LogP contribution in [0.2, 0.25) is 0 Å². The molecule has 0 unspecified atom stereocenters. The normalized spacial score (nSPS) is 15.8. The summed E-state index contributed by atoms with van der Waals surface area (Å²) in [5.41, 5.74) is 0.112. The van der Waals surface area contributed by atoms with E-state index >= 15 is 0 Å². The molecular formula is C17H21ClFN3O2S2. The molecule has 1 aliphatic carbocycles. The van der Waals surface area contributed by atoms with Gasteiger partial charge in [-0.3, -0.25) is 14.3 Å². The van der Waals surface area contributed by atoms with Gasteiger partial charge in [-0.25, -0.2) is 14.1 Å². The third-order valence-corrected chi connectivity index (χ3v) is 6.09. The first-order chi connectivity index (χ1) is 12.4. The van der Waals surface area contributed by atoms with E-state index in [1.165, 1.54) is 24.8 Å². The highest BCUT2D eigenvalue weighted by atomic mass is 35.5. The second kappa shape index (κ2) is 9.53. The lowest BCUT2D eigenvalue weighted by Crippen LogP contribution is -2.26. The molecule has 0 fully saturated rings. The zero-order chi connectivity index (χ0) is 19.3. The van der Waals surface area contributed by atoms with E-state index in [1.54, 1.807) is 15.4 Å². The lowest BCUT2D eigenvalue weighted by atomic mass is 10.3. The van der Waals surface area contributed by atoms with Gasteiger partial charge in [0.2, 0.25) is 4.80 Å². The topological polar surface area (TPSA) is 56.4 Å². The fraction of sp³-hybridized carbons (Fsp3) is 0.471. The van der Waals surface area contributed by atoms with Crippen LogP contribution in [-0.2, 0) is 17.9 Å². The zero-order valence-corrected chi connectivity index (χ0v) is 17.3. The van der Waals surface area contributed by atoms with Gasteiger partial charge in [0.1, 0.15) is 17.3 Å². The van der Waals surface area contributed by atoms with Gasteiger partial charge < -0.3 is 0 Å². The molecule has 1 aliphatic rings. The molecule has 0 saturated carbocycles. The molecule has 5 nitrogen and oxygen atoms in total. The maximum atomic E-state index is 14.5. The van der Waals surface area contributed by atoms with Crippen molar-refractivity contribution < 1.29 is 9.18 Å². The summed E-state index contributed by atoms with van der Waals surface area (Å²) in [7, 11) is 0. The van der Waals surface area contributed by atoms with E-state index in [2.05, 4.69) is 4.99 Å². The molecule has 142 valence electrons. The number of rotatable bonds is 7.